The number of thiophene rings is 1. The van der Waals surface area contributed by atoms with Crippen molar-refractivity contribution >= 4 is 33.2 Å². The molecule has 20 heavy (non-hydrogen) atoms. The van der Waals surface area contributed by atoms with Gasteiger partial charge in [0.1, 0.15) is 11.6 Å². The summed E-state index contributed by atoms with van der Waals surface area (Å²) in [5, 5.41) is 4.59. The van der Waals surface area contributed by atoms with E-state index in [-0.39, 0.29) is 17.8 Å². The van der Waals surface area contributed by atoms with Gasteiger partial charge in [0.2, 0.25) is 0 Å². The first kappa shape index (κ1) is 15.0. The van der Waals surface area contributed by atoms with Crippen LogP contribution in [0, 0.1) is 5.82 Å². The van der Waals surface area contributed by atoms with Crippen LogP contribution in [0.4, 0.5) is 4.39 Å². The largest absolute Gasteiger partial charge is 0.496 e. The maximum atomic E-state index is 13.3. The fourth-order valence-electron chi connectivity index (χ4n) is 1.83. The van der Waals surface area contributed by atoms with Gasteiger partial charge in [-0.3, -0.25) is 4.79 Å². The number of hydrogen-bond donors (Lipinski definition) is 1. The van der Waals surface area contributed by atoms with Crippen LogP contribution in [0.15, 0.2) is 33.4 Å². The fourth-order valence-corrected chi connectivity index (χ4v) is 2.97. The molecule has 1 aromatic heterocycles. The highest BCUT2D eigenvalue weighted by Gasteiger charge is 2.16. The van der Waals surface area contributed by atoms with Crippen molar-refractivity contribution in [1.82, 2.24) is 5.32 Å². The van der Waals surface area contributed by atoms with Gasteiger partial charge >= 0.3 is 0 Å². The quantitative estimate of drug-likeness (QED) is 0.892. The van der Waals surface area contributed by atoms with E-state index in [9.17, 15) is 9.18 Å². The number of carbonyl (C=O) groups excluding carboxylic acids is 1. The molecule has 0 radical (unpaired) electrons. The molecule has 1 aromatic carbocycles. The molecule has 106 valence electrons. The number of rotatable bonds is 4. The SMILES string of the molecule is COc1ccc(F)cc1C(C)NC(=O)c1csc(Br)c1. The van der Waals surface area contributed by atoms with Gasteiger partial charge in [-0.15, -0.1) is 11.3 Å². The zero-order valence-corrected chi connectivity index (χ0v) is 13.3. The molecular formula is C14H13BrFNO2S. The van der Waals surface area contributed by atoms with E-state index in [0.717, 1.165) is 3.79 Å². The molecule has 1 N–H and O–H groups in total. The molecule has 1 atom stereocenters. The van der Waals surface area contributed by atoms with Crippen LogP contribution in [-0.4, -0.2) is 13.0 Å². The van der Waals surface area contributed by atoms with Crippen molar-refractivity contribution in [2.75, 3.05) is 7.11 Å². The van der Waals surface area contributed by atoms with Crippen molar-refractivity contribution < 1.29 is 13.9 Å². The smallest absolute Gasteiger partial charge is 0.252 e. The molecule has 0 aliphatic heterocycles. The highest BCUT2D eigenvalue weighted by atomic mass is 79.9. The van der Waals surface area contributed by atoms with E-state index >= 15 is 0 Å². The van der Waals surface area contributed by atoms with Crippen molar-refractivity contribution in [3.8, 4) is 5.75 Å². The molecule has 0 saturated carbocycles. The van der Waals surface area contributed by atoms with Gasteiger partial charge in [-0.1, -0.05) is 0 Å². The standard InChI is InChI=1S/C14H13BrFNO2S/c1-8(11-6-10(16)3-4-12(11)19-2)17-14(18)9-5-13(15)20-7-9/h3-8H,1-2H3,(H,17,18). The van der Waals surface area contributed by atoms with Crippen LogP contribution < -0.4 is 10.1 Å². The Balaban J connectivity index is 2.17. The molecule has 0 fully saturated rings. The van der Waals surface area contributed by atoms with E-state index in [4.69, 9.17) is 4.74 Å². The molecule has 3 nitrogen and oxygen atoms in total. The zero-order valence-electron chi connectivity index (χ0n) is 10.9. The van der Waals surface area contributed by atoms with Crippen LogP contribution in [0.2, 0.25) is 0 Å². The van der Waals surface area contributed by atoms with Crippen molar-refractivity contribution in [3.63, 3.8) is 0 Å². The number of hydrogen-bond acceptors (Lipinski definition) is 3. The molecular weight excluding hydrogens is 345 g/mol. The lowest BCUT2D eigenvalue weighted by molar-refractivity contribution is 0.0940. The molecule has 0 spiro atoms. The Morgan fingerprint density at radius 1 is 1.45 bits per heavy atom. The van der Waals surface area contributed by atoms with E-state index in [0.29, 0.717) is 16.9 Å². The Kier molecular flexibility index (Phi) is 4.77. The van der Waals surface area contributed by atoms with Gasteiger partial charge in [-0.2, -0.15) is 0 Å². The summed E-state index contributed by atoms with van der Waals surface area (Å²) in [6, 6.07) is 5.64. The minimum absolute atomic E-state index is 0.203. The summed E-state index contributed by atoms with van der Waals surface area (Å²) in [6.07, 6.45) is 0. The van der Waals surface area contributed by atoms with E-state index in [1.807, 2.05) is 0 Å². The number of amides is 1. The van der Waals surface area contributed by atoms with Crippen molar-refractivity contribution in [2.45, 2.75) is 13.0 Å². The molecule has 2 rings (SSSR count). The monoisotopic (exact) mass is 357 g/mol. The van der Waals surface area contributed by atoms with Gasteiger partial charge in [-0.25, -0.2) is 4.39 Å². The van der Waals surface area contributed by atoms with Gasteiger partial charge in [0.25, 0.3) is 5.91 Å². The number of nitrogens with one attached hydrogen (secondary N) is 1. The van der Waals surface area contributed by atoms with Gasteiger partial charge < -0.3 is 10.1 Å². The van der Waals surface area contributed by atoms with E-state index < -0.39 is 0 Å². The van der Waals surface area contributed by atoms with Crippen LogP contribution in [0.25, 0.3) is 0 Å². The van der Waals surface area contributed by atoms with Crippen molar-refractivity contribution in [3.05, 3.63) is 50.4 Å². The molecule has 0 saturated heterocycles. The van der Waals surface area contributed by atoms with Crippen molar-refractivity contribution in [2.24, 2.45) is 0 Å². The average Bonchev–Trinajstić information content (AvgIpc) is 2.85. The minimum atomic E-state index is -0.361. The zero-order chi connectivity index (χ0) is 14.7. The Bertz CT molecular complexity index is 629. The Morgan fingerprint density at radius 3 is 2.80 bits per heavy atom. The number of halogens is 2. The van der Waals surface area contributed by atoms with Gasteiger partial charge in [-0.05, 0) is 47.1 Å². The average molecular weight is 358 g/mol. The molecule has 1 amide bonds. The molecule has 0 bridgehead atoms. The van der Waals surface area contributed by atoms with E-state index in [1.54, 1.807) is 24.4 Å². The maximum absolute atomic E-state index is 13.3. The van der Waals surface area contributed by atoms with Crippen LogP contribution in [0.5, 0.6) is 5.75 Å². The Labute approximate surface area is 128 Å². The highest BCUT2D eigenvalue weighted by Crippen LogP contribution is 2.27. The second kappa shape index (κ2) is 6.37. The summed E-state index contributed by atoms with van der Waals surface area (Å²) in [5.41, 5.74) is 1.18. The first-order valence-corrected chi connectivity index (χ1v) is 7.57. The highest BCUT2D eigenvalue weighted by molar-refractivity contribution is 9.11. The molecule has 6 heteroatoms. The van der Waals surface area contributed by atoms with Crippen LogP contribution in [-0.2, 0) is 0 Å². The lowest BCUT2D eigenvalue weighted by Gasteiger charge is -2.17. The number of ether oxygens (including phenoxy) is 1. The number of carbonyl (C=O) groups is 1. The van der Waals surface area contributed by atoms with Gasteiger partial charge in [0.15, 0.2) is 0 Å². The minimum Gasteiger partial charge on any atom is -0.496 e. The number of methoxy groups -OCH3 is 1. The van der Waals surface area contributed by atoms with E-state index in [2.05, 4.69) is 21.2 Å². The lowest BCUT2D eigenvalue weighted by atomic mass is 10.1. The summed E-state index contributed by atoms with van der Waals surface area (Å²) in [4.78, 5) is 12.1. The fraction of sp³-hybridized carbons (Fsp3) is 0.214. The Hall–Kier alpha value is -1.40. The third-order valence-corrected chi connectivity index (χ3v) is 4.34. The maximum Gasteiger partial charge on any atom is 0.252 e. The molecule has 0 aliphatic rings. The van der Waals surface area contributed by atoms with Crippen LogP contribution >= 0.6 is 27.3 Å². The number of benzene rings is 1. The first-order valence-electron chi connectivity index (χ1n) is 5.89. The summed E-state index contributed by atoms with van der Waals surface area (Å²) in [6.45, 7) is 1.79. The summed E-state index contributed by atoms with van der Waals surface area (Å²) in [5.74, 6) is -0.0170. The van der Waals surface area contributed by atoms with Crippen molar-refractivity contribution in [1.29, 1.82) is 0 Å². The normalized spacial score (nSPS) is 12.0. The third-order valence-electron chi connectivity index (χ3n) is 2.84. The van der Waals surface area contributed by atoms with E-state index in [1.165, 1.54) is 30.6 Å². The first-order chi connectivity index (χ1) is 9.51. The molecule has 1 heterocycles. The predicted molar refractivity (Wildman–Crippen MR) is 80.9 cm³/mol. The molecule has 0 aliphatic carbocycles. The molecule has 1 unspecified atom stereocenters. The second-order valence-electron chi connectivity index (χ2n) is 4.22. The van der Waals surface area contributed by atoms with Gasteiger partial charge in [0, 0.05) is 10.9 Å². The topological polar surface area (TPSA) is 38.3 Å². The Morgan fingerprint density at radius 2 is 2.20 bits per heavy atom. The predicted octanol–water partition coefficient (Wildman–Crippen LogP) is 4.15. The lowest BCUT2D eigenvalue weighted by Crippen LogP contribution is -2.26. The van der Waals surface area contributed by atoms with Crippen LogP contribution in [0.1, 0.15) is 28.9 Å². The van der Waals surface area contributed by atoms with Crippen LogP contribution in [0.3, 0.4) is 0 Å². The summed E-state index contributed by atoms with van der Waals surface area (Å²) >= 11 is 4.75. The molecule has 2 aromatic rings. The summed E-state index contributed by atoms with van der Waals surface area (Å²) in [7, 11) is 1.52. The summed E-state index contributed by atoms with van der Waals surface area (Å²) < 4.78 is 19.4. The third kappa shape index (κ3) is 3.37. The second-order valence-corrected chi connectivity index (χ2v) is 6.51. The van der Waals surface area contributed by atoms with Gasteiger partial charge in [0.05, 0.1) is 22.5 Å².